The highest BCUT2D eigenvalue weighted by atomic mass is 35.5. The summed E-state index contributed by atoms with van der Waals surface area (Å²) in [6, 6.07) is 11.8. The van der Waals surface area contributed by atoms with E-state index >= 15 is 0 Å². The highest BCUT2D eigenvalue weighted by molar-refractivity contribution is 7.89. The van der Waals surface area contributed by atoms with E-state index in [9.17, 15) is 13.2 Å². The summed E-state index contributed by atoms with van der Waals surface area (Å²) in [6.45, 7) is 1.33. The van der Waals surface area contributed by atoms with E-state index in [-0.39, 0.29) is 29.2 Å². The predicted molar refractivity (Wildman–Crippen MR) is 122 cm³/mol. The quantitative estimate of drug-likeness (QED) is 0.450. The third-order valence-electron chi connectivity index (χ3n) is 6.21. The van der Waals surface area contributed by atoms with Crippen LogP contribution in [-0.2, 0) is 21.4 Å². The minimum absolute atomic E-state index is 0.104. The Balaban J connectivity index is 1.57. The molecule has 0 aromatic heterocycles. The molecule has 1 fully saturated rings. The molecule has 8 nitrogen and oxygen atoms in total. The fraction of sp³-hybridized carbons (Fsp3) is 0.435. The van der Waals surface area contributed by atoms with Crippen LogP contribution in [-0.4, -0.2) is 43.6 Å². The van der Waals surface area contributed by atoms with Gasteiger partial charge in [0.25, 0.3) is 0 Å². The summed E-state index contributed by atoms with van der Waals surface area (Å²) in [4.78, 5) is 11.9. The zero-order valence-corrected chi connectivity index (χ0v) is 19.6. The Kier molecular flexibility index (Phi) is 7.43. The Morgan fingerprint density at radius 2 is 1.70 bits per heavy atom. The molecule has 2 aromatic rings. The second-order valence-corrected chi connectivity index (χ2v) is 10.8. The molecule has 1 aliphatic heterocycles. The number of carbonyl (C=O) groups is 1. The highest BCUT2D eigenvalue weighted by Gasteiger charge is 2.32. The zero-order chi connectivity index (χ0) is 23.4. The number of benzene rings is 2. The molecule has 0 unspecified atom stereocenters. The number of rotatable bonds is 7. The van der Waals surface area contributed by atoms with Crippen LogP contribution >= 0.6 is 11.6 Å². The van der Waals surface area contributed by atoms with Gasteiger partial charge in [-0.2, -0.15) is 4.31 Å². The highest BCUT2D eigenvalue weighted by Crippen LogP contribution is 2.35. The van der Waals surface area contributed by atoms with Crippen LogP contribution in [0, 0.1) is 11.8 Å². The summed E-state index contributed by atoms with van der Waals surface area (Å²) in [5, 5.41) is 9.47. The van der Waals surface area contributed by atoms with Gasteiger partial charge in [-0.3, -0.25) is 10.0 Å². The molecular formula is C23H27ClN2O6S. The molecular weight excluding hydrogens is 468 g/mol. The van der Waals surface area contributed by atoms with E-state index in [0.29, 0.717) is 62.0 Å². The molecule has 0 radical (unpaired) electrons. The van der Waals surface area contributed by atoms with Crippen molar-refractivity contribution in [1.29, 1.82) is 0 Å². The first-order valence-corrected chi connectivity index (χ1v) is 12.8. The average Bonchev–Trinajstić information content (AvgIpc) is 2.84. The van der Waals surface area contributed by atoms with Gasteiger partial charge in [0.2, 0.25) is 15.9 Å². The van der Waals surface area contributed by atoms with Crippen molar-refractivity contribution in [3.05, 3.63) is 53.1 Å². The number of nitrogens with zero attached hydrogens (tertiary/aromatic N) is 1. The smallest absolute Gasteiger partial charge is 0.246 e. The second-order valence-electron chi connectivity index (χ2n) is 8.42. The van der Waals surface area contributed by atoms with Gasteiger partial charge in [0.1, 0.15) is 13.2 Å². The first-order valence-electron chi connectivity index (χ1n) is 10.9. The Hall–Kier alpha value is -2.33. The maximum absolute atomic E-state index is 13.7. The number of fused-ring (bicyclic) bond motifs is 1. The third-order valence-corrected chi connectivity index (χ3v) is 8.27. The van der Waals surface area contributed by atoms with Gasteiger partial charge in [0, 0.05) is 30.1 Å². The molecule has 1 heterocycles. The number of sulfonamides is 1. The van der Waals surface area contributed by atoms with E-state index in [1.165, 1.54) is 10.4 Å². The second kappa shape index (κ2) is 10.3. The lowest BCUT2D eigenvalue weighted by molar-refractivity contribution is -0.134. The molecule has 2 aliphatic rings. The normalized spacial score (nSPS) is 20.5. The summed E-state index contributed by atoms with van der Waals surface area (Å²) in [6.07, 6.45) is 2.61. The minimum atomic E-state index is -3.83. The van der Waals surface area contributed by atoms with Crippen LogP contribution in [0.2, 0.25) is 5.02 Å². The molecule has 1 aliphatic carbocycles. The number of hydrogen-bond donors (Lipinski definition) is 2. The molecule has 1 saturated carbocycles. The third kappa shape index (κ3) is 5.60. The van der Waals surface area contributed by atoms with Crippen molar-refractivity contribution >= 4 is 27.5 Å². The Bertz CT molecular complexity index is 1080. The number of halogens is 1. The molecule has 2 N–H and O–H groups in total. The summed E-state index contributed by atoms with van der Waals surface area (Å²) in [5.41, 5.74) is 2.55. The number of hydrogen-bond acceptors (Lipinski definition) is 6. The number of carbonyl (C=O) groups excluding carboxylic acids is 1. The summed E-state index contributed by atoms with van der Waals surface area (Å²) in [7, 11) is -3.83. The van der Waals surface area contributed by atoms with Gasteiger partial charge >= 0.3 is 0 Å². The number of ether oxygens (including phenoxy) is 2. The zero-order valence-electron chi connectivity index (χ0n) is 18.1. The Morgan fingerprint density at radius 1 is 1.03 bits per heavy atom. The maximum Gasteiger partial charge on any atom is 0.246 e. The fourth-order valence-corrected chi connectivity index (χ4v) is 6.01. The van der Waals surface area contributed by atoms with Gasteiger partial charge < -0.3 is 9.47 Å². The average molecular weight is 495 g/mol. The van der Waals surface area contributed by atoms with Crippen molar-refractivity contribution < 1.29 is 27.9 Å². The molecule has 0 spiro atoms. The molecule has 0 saturated heterocycles. The predicted octanol–water partition coefficient (Wildman–Crippen LogP) is 3.61. The minimum Gasteiger partial charge on any atom is -0.486 e. The van der Waals surface area contributed by atoms with Crippen LogP contribution in [0.25, 0.3) is 0 Å². The van der Waals surface area contributed by atoms with Gasteiger partial charge in [0.15, 0.2) is 11.5 Å². The van der Waals surface area contributed by atoms with Crippen molar-refractivity contribution in [2.45, 2.75) is 37.1 Å². The largest absolute Gasteiger partial charge is 0.486 e. The molecule has 4 rings (SSSR count). The van der Waals surface area contributed by atoms with Crippen LogP contribution in [0.1, 0.15) is 31.2 Å². The molecule has 1 amide bonds. The van der Waals surface area contributed by atoms with E-state index in [0.717, 1.165) is 5.56 Å². The van der Waals surface area contributed by atoms with Gasteiger partial charge in [-0.25, -0.2) is 13.9 Å². The standard InChI is InChI=1S/C23H27ClN2O6S/c24-19-7-3-17(4-8-19)15-26(14-16-1-5-18(6-2-16)23(27)25-28)33(29,30)20-9-10-21-22(13-20)32-12-11-31-21/h3-4,7-10,13,16,18,28H,1-2,5-6,11-12,14-15H2,(H,25,27). The maximum atomic E-state index is 13.7. The summed E-state index contributed by atoms with van der Waals surface area (Å²) >= 11 is 6.00. The van der Waals surface area contributed by atoms with Gasteiger partial charge in [-0.05, 0) is 61.4 Å². The Morgan fingerprint density at radius 3 is 2.36 bits per heavy atom. The molecule has 33 heavy (non-hydrogen) atoms. The van der Waals surface area contributed by atoms with Crippen LogP contribution < -0.4 is 15.0 Å². The summed E-state index contributed by atoms with van der Waals surface area (Å²) < 4.78 is 40.0. The lowest BCUT2D eigenvalue weighted by Crippen LogP contribution is -2.38. The van der Waals surface area contributed by atoms with Gasteiger partial charge in [0.05, 0.1) is 4.90 Å². The topological polar surface area (TPSA) is 105 Å². The van der Waals surface area contributed by atoms with Gasteiger partial charge in [-0.1, -0.05) is 23.7 Å². The first kappa shape index (κ1) is 23.8. The van der Waals surface area contributed by atoms with Crippen LogP contribution in [0.5, 0.6) is 11.5 Å². The van der Waals surface area contributed by atoms with E-state index in [4.69, 9.17) is 26.3 Å². The van der Waals surface area contributed by atoms with Crippen molar-refractivity contribution in [3.8, 4) is 11.5 Å². The number of hydroxylamine groups is 1. The van der Waals surface area contributed by atoms with Crippen molar-refractivity contribution in [3.63, 3.8) is 0 Å². The van der Waals surface area contributed by atoms with Gasteiger partial charge in [-0.15, -0.1) is 0 Å². The van der Waals surface area contributed by atoms with Crippen molar-refractivity contribution in [1.82, 2.24) is 9.79 Å². The number of amides is 1. The molecule has 0 atom stereocenters. The fourth-order valence-electron chi connectivity index (χ4n) is 4.36. The van der Waals surface area contributed by atoms with E-state index in [2.05, 4.69) is 0 Å². The Labute approximate surface area is 198 Å². The lowest BCUT2D eigenvalue weighted by atomic mass is 9.81. The van der Waals surface area contributed by atoms with E-state index in [1.54, 1.807) is 29.7 Å². The van der Waals surface area contributed by atoms with Crippen LogP contribution in [0.3, 0.4) is 0 Å². The van der Waals surface area contributed by atoms with E-state index < -0.39 is 10.0 Å². The monoisotopic (exact) mass is 494 g/mol. The number of nitrogens with one attached hydrogen (secondary N) is 1. The molecule has 0 bridgehead atoms. The summed E-state index contributed by atoms with van der Waals surface area (Å²) in [5.74, 6) is 0.432. The van der Waals surface area contributed by atoms with Crippen LogP contribution in [0.15, 0.2) is 47.4 Å². The molecule has 10 heteroatoms. The first-order chi connectivity index (χ1) is 15.9. The van der Waals surface area contributed by atoms with Crippen molar-refractivity contribution in [2.75, 3.05) is 19.8 Å². The molecule has 178 valence electrons. The van der Waals surface area contributed by atoms with Crippen LogP contribution in [0.4, 0.5) is 0 Å². The SMILES string of the molecule is O=C(NO)C1CCC(CN(Cc2ccc(Cl)cc2)S(=O)(=O)c2ccc3c(c2)OCCO3)CC1. The van der Waals surface area contributed by atoms with Crippen molar-refractivity contribution in [2.24, 2.45) is 11.8 Å². The van der Waals surface area contributed by atoms with E-state index in [1.807, 2.05) is 12.1 Å². The lowest BCUT2D eigenvalue weighted by Gasteiger charge is -2.32. The molecule has 2 aromatic carbocycles.